The maximum atomic E-state index is 9.24. The van der Waals surface area contributed by atoms with E-state index in [1.165, 1.54) is 29.7 Å². The fourth-order valence-electron chi connectivity index (χ4n) is 2.06. The third-order valence-electron chi connectivity index (χ3n) is 2.96. The zero-order valence-electron chi connectivity index (χ0n) is 9.29. The van der Waals surface area contributed by atoms with E-state index in [4.69, 9.17) is 0 Å². The molecule has 0 aromatic heterocycles. The Hall–Kier alpha value is -1.02. The molecule has 0 saturated carbocycles. The summed E-state index contributed by atoms with van der Waals surface area (Å²) in [5.74, 6) is 0. The molecule has 1 heterocycles. The molecule has 0 saturated heterocycles. The number of anilines is 1. The van der Waals surface area contributed by atoms with Gasteiger partial charge < -0.3 is 10.4 Å². The normalized spacial score (nSPS) is 16.7. The highest BCUT2D eigenvalue weighted by Crippen LogP contribution is 2.23. The zero-order chi connectivity index (χ0) is 10.7. The minimum absolute atomic E-state index is 0.195. The monoisotopic (exact) mass is 205 g/mol. The van der Waals surface area contributed by atoms with Gasteiger partial charge in [0.05, 0.1) is 6.10 Å². The van der Waals surface area contributed by atoms with E-state index in [1.807, 2.05) is 6.92 Å². The lowest BCUT2D eigenvalue weighted by Gasteiger charge is -2.18. The summed E-state index contributed by atoms with van der Waals surface area (Å²) in [6, 6.07) is 6.62. The van der Waals surface area contributed by atoms with E-state index in [0.29, 0.717) is 0 Å². The van der Waals surface area contributed by atoms with Gasteiger partial charge in [-0.2, -0.15) is 0 Å². The van der Waals surface area contributed by atoms with Gasteiger partial charge in [-0.15, -0.1) is 0 Å². The Morgan fingerprint density at radius 3 is 3.13 bits per heavy atom. The van der Waals surface area contributed by atoms with Crippen molar-refractivity contribution in [2.75, 3.05) is 11.9 Å². The minimum atomic E-state index is -0.195. The molecule has 2 N–H and O–H groups in total. The van der Waals surface area contributed by atoms with E-state index in [-0.39, 0.29) is 6.10 Å². The number of fused-ring (bicyclic) bond motifs is 1. The van der Waals surface area contributed by atoms with E-state index in [9.17, 15) is 5.11 Å². The Morgan fingerprint density at radius 1 is 1.47 bits per heavy atom. The van der Waals surface area contributed by atoms with Crippen molar-refractivity contribution in [2.45, 2.75) is 38.7 Å². The molecule has 0 radical (unpaired) electrons. The van der Waals surface area contributed by atoms with E-state index >= 15 is 0 Å². The molecular formula is C13H19NO. The second kappa shape index (κ2) is 4.67. The van der Waals surface area contributed by atoms with E-state index in [1.54, 1.807) is 0 Å². The molecule has 82 valence electrons. The molecule has 1 aromatic rings. The van der Waals surface area contributed by atoms with Gasteiger partial charge in [-0.25, -0.2) is 0 Å². The van der Waals surface area contributed by atoms with Crippen molar-refractivity contribution in [3.05, 3.63) is 29.3 Å². The Labute approximate surface area is 91.3 Å². The Morgan fingerprint density at radius 2 is 2.33 bits per heavy atom. The van der Waals surface area contributed by atoms with Crippen molar-refractivity contribution >= 4 is 5.69 Å². The van der Waals surface area contributed by atoms with Crippen molar-refractivity contribution < 1.29 is 5.11 Å². The summed E-state index contributed by atoms with van der Waals surface area (Å²) in [4.78, 5) is 0. The number of hydrogen-bond acceptors (Lipinski definition) is 2. The fraction of sp³-hybridized carbons (Fsp3) is 0.538. The summed E-state index contributed by atoms with van der Waals surface area (Å²) in [6.45, 7) is 2.94. The van der Waals surface area contributed by atoms with Crippen LogP contribution in [0.15, 0.2) is 18.2 Å². The quantitative estimate of drug-likeness (QED) is 0.794. The van der Waals surface area contributed by atoms with Crippen LogP contribution in [-0.2, 0) is 12.8 Å². The molecule has 0 fully saturated rings. The molecule has 0 amide bonds. The first-order chi connectivity index (χ1) is 7.25. The highest BCUT2D eigenvalue weighted by Gasteiger charge is 2.08. The van der Waals surface area contributed by atoms with E-state index in [0.717, 1.165) is 19.4 Å². The van der Waals surface area contributed by atoms with Gasteiger partial charge in [0, 0.05) is 12.2 Å². The lowest BCUT2D eigenvalue weighted by molar-refractivity contribution is 0.185. The number of hydrogen-bond donors (Lipinski definition) is 2. The number of benzene rings is 1. The molecule has 0 spiro atoms. The molecule has 1 atom stereocenters. The molecule has 2 nitrogen and oxygen atoms in total. The van der Waals surface area contributed by atoms with Gasteiger partial charge in [0.25, 0.3) is 0 Å². The second-order valence-corrected chi connectivity index (χ2v) is 4.41. The van der Waals surface area contributed by atoms with Crippen LogP contribution in [0.25, 0.3) is 0 Å². The summed E-state index contributed by atoms with van der Waals surface area (Å²) < 4.78 is 0. The molecular weight excluding hydrogens is 186 g/mol. The van der Waals surface area contributed by atoms with Gasteiger partial charge in [-0.3, -0.25) is 0 Å². The molecule has 1 aliphatic heterocycles. The first-order valence-corrected chi connectivity index (χ1v) is 5.79. The van der Waals surface area contributed by atoms with E-state index in [2.05, 4.69) is 23.5 Å². The molecule has 0 bridgehead atoms. The summed E-state index contributed by atoms with van der Waals surface area (Å²) in [6.07, 6.45) is 4.05. The van der Waals surface area contributed by atoms with Gasteiger partial charge in [-0.05, 0) is 49.8 Å². The summed E-state index contributed by atoms with van der Waals surface area (Å²) >= 11 is 0. The average Bonchev–Trinajstić information content (AvgIpc) is 2.26. The summed E-state index contributed by atoms with van der Waals surface area (Å²) in [5.41, 5.74) is 4.07. The lowest BCUT2D eigenvalue weighted by atomic mass is 9.98. The maximum Gasteiger partial charge on any atom is 0.0515 e. The van der Waals surface area contributed by atoms with Crippen LogP contribution in [0.4, 0.5) is 5.69 Å². The van der Waals surface area contributed by atoms with Crippen LogP contribution >= 0.6 is 0 Å². The number of aliphatic hydroxyl groups excluding tert-OH is 1. The van der Waals surface area contributed by atoms with E-state index < -0.39 is 0 Å². The number of aliphatic hydroxyl groups is 1. The zero-order valence-corrected chi connectivity index (χ0v) is 9.29. The third kappa shape index (κ3) is 2.72. The van der Waals surface area contributed by atoms with Gasteiger partial charge in [-0.1, -0.05) is 12.1 Å². The maximum absolute atomic E-state index is 9.24. The smallest absolute Gasteiger partial charge is 0.0515 e. The first-order valence-electron chi connectivity index (χ1n) is 5.79. The number of rotatable bonds is 3. The standard InChI is InChI=1S/C13H19NO/c1-10(15)4-5-11-6-7-13-12(9-11)3-2-8-14-13/h6-7,9-10,14-15H,2-5,8H2,1H3. The van der Waals surface area contributed by atoms with Crippen LogP contribution in [0.3, 0.4) is 0 Å². The lowest BCUT2D eigenvalue weighted by Crippen LogP contribution is -2.12. The molecule has 0 aliphatic carbocycles. The largest absolute Gasteiger partial charge is 0.393 e. The first kappa shape index (κ1) is 10.5. The average molecular weight is 205 g/mol. The van der Waals surface area contributed by atoms with Crippen LogP contribution in [0.5, 0.6) is 0 Å². The summed E-state index contributed by atoms with van der Waals surface area (Å²) in [5, 5.41) is 12.6. The molecule has 2 heteroatoms. The van der Waals surface area contributed by atoms with Crippen molar-refractivity contribution in [3.63, 3.8) is 0 Å². The predicted molar refractivity (Wildman–Crippen MR) is 63.3 cm³/mol. The molecule has 1 aromatic carbocycles. The highest BCUT2D eigenvalue weighted by atomic mass is 16.3. The Kier molecular flexibility index (Phi) is 3.27. The molecule has 1 aliphatic rings. The van der Waals surface area contributed by atoms with Crippen LogP contribution in [0.1, 0.15) is 30.9 Å². The number of nitrogens with one attached hydrogen (secondary N) is 1. The van der Waals surface area contributed by atoms with Crippen LogP contribution in [-0.4, -0.2) is 17.8 Å². The topological polar surface area (TPSA) is 32.3 Å². The third-order valence-corrected chi connectivity index (χ3v) is 2.96. The van der Waals surface area contributed by atoms with Crippen LogP contribution < -0.4 is 5.32 Å². The fourth-order valence-corrected chi connectivity index (χ4v) is 2.06. The minimum Gasteiger partial charge on any atom is -0.393 e. The van der Waals surface area contributed by atoms with Gasteiger partial charge >= 0.3 is 0 Å². The highest BCUT2D eigenvalue weighted by molar-refractivity contribution is 5.54. The van der Waals surface area contributed by atoms with Gasteiger partial charge in [0.15, 0.2) is 0 Å². The predicted octanol–water partition coefficient (Wildman–Crippen LogP) is 2.36. The van der Waals surface area contributed by atoms with Crippen LogP contribution in [0, 0.1) is 0 Å². The summed E-state index contributed by atoms with van der Waals surface area (Å²) in [7, 11) is 0. The SMILES string of the molecule is CC(O)CCc1ccc2c(c1)CCCN2. The van der Waals surface area contributed by atoms with Crippen molar-refractivity contribution in [3.8, 4) is 0 Å². The van der Waals surface area contributed by atoms with Crippen molar-refractivity contribution in [1.29, 1.82) is 0 Å². The molecule has 15 heavy (non-hydrogen) atoms. The molecule has 1 unspecified atom stereocenters. The van der Waals surface area contributed by atoms with Crippen molar-refractivity contribution in [2.24, 2.45) is 0 Å². The second-order valence-electron chi connectivity index (χ2n) is 4.41. The Bertz CT molecular complexity index is 333. The Balaban J connectivity index is 2.07. The van der Waals surface area contributed by atoms with Gasteiger partial charge in [0.1, 0.15) is 0 Å². The van der Waals surface area contributed by atoms with Crippen molar-refractivity contribution in [1.82, 2.24) is 0 Å². The molecule has 2 rings (SSSR count). The van der Waals surface area contributed by atoms with Gasteiger partial charge in [0.2, 0.25) is 0 Å². The van der Waals surface area contributed by atoms with Crippen LogP contribution in [0.2, 0.25) is 0 Å². The number of aryl methyl sites for hydroxylation is 2.